The number of hydrogen-bond acceptors (Lipinski definition) is 8. The topological polar surface area (TPSA) is 170 Å². The van der Waals surface area contributed by atoms with E-state index in [1.54, 1.807) is 21.4 Å². The summed E-state index contributed by atoms with van der Waals surface area (Å²) in [5.74, 6) is 0.104. The summed E-state index contributed by atoms with van der Waals surface area (Å²) in [4.78, 5) is 36.3. The molecular weight excluding hydrogens is 496 g/mol. The molecular formula is C24H48N8O6. The molecule has 0 saturated carbocycles. The van der Waals surface area contributed by atoms with Crippen molar-refractivity contribution in [2.45, 2.75) is 96.8 Å². The van der Waals surface area contributed by atoms with Gasteiger partial charge in [-0.3, -0.25) is 0 Å². The van der Waals surface area contributed by atoms with Gasteiger partial charge < -0.3 is 34.9 Å². The van der Waals surface area contributed by atoms with Gasteiger partial charge in [-0.1, -0.05) is 56.4 Å². The molecule has 14 heteroatoms. The van der Waals surface area contributed by atoms with Crippen molar-refractivity contribution >= 4 is 17.5 Å². The fraction of sp³-hybridized carbons (Fsp3) is 0.583. The van der Waals surface area contributed by atoms with Gasteiger partial charge in [0, 0.05) is 12.6 Å². The molecule has 0 atom stereocenters. The predicted octanol–water partition coefficient (Wildman–Crippen LogP) is 7.39. The Morgan fingerprint density at radius 3 is 1.53 bits per heavy atom. The third-order valence-corrected chi connectivity index (χ3v) is 3.72. The Bertz CT molecular complexity index is 930. The first-order valence-electron chi connectivity index (χ1n) is 11.8. The van der Waals surface area contributed by atoms with Crippen molar-refractivity contribution in [3.05, 3.63) is 73.7 Å². The first kappa shape index (κ1) is 43.9. The summed E-state index contributed by atoms with van der Waals surface area (Å²) in [6.45, 7) is 19.5. The molecule has 3 aromatic rings. The van der Waals surface area contributed by atoms with Crippen LogP contribution < -0.4 is 0 Å². The fourth-order valence-electron chi connectivity index (χ4n) is 2.16. The molecule has 3 rings (SSSR count). The van der Waals surface area contributed by atoms with Gasteiger partial charge in [0.05, 0.1) is 19.3 Å². The largest absolute Gasteiger partial charge is 0.381 e. The zero-order valence-electron chi connectivity index (χ0n) is 22.7. The minimum absolute atomic E-state index is 0. The molecule has 0 N–H and O–H groups in total. The van der Waals surface area contributed by atoms with E-state index in [1.165, 1.54) is 35.7 Å². The van der Waals surface area contributed by atoms with Crippen LogP contribution in [0.25, 0.3) is 0 Å². The lowest BCUT2D eigenvalue weighted by Crippen LogP contribution is -1.98. The molecule has 0 unspecified atom stereocenters. The molecule has 0 aromatic carbocycles. The van der Waals surface area contributed by atoms with Gasteiger partial charge in [0.25, 0.3) is 0 Å². The Labute approximate surface area is 226 Å². The second-order valence-corrected chi connectivity index (χ2v) is 5.52. The second-order valence-electron chi connectivity index (χ2n) is 5.52. The van der Waals surface area contributed by atoms with Gasteiger partial charge in [0.2, 0.25) is 6.33 Å². The van der Waals surface area contributed by atoms with Crippen LogP contribution in [0.1, 0.15) is 77.2 Å². The van der Waals surface area contributed by atoms with Gasteiger partial charge in [-0.15, -0.1) is 0 Å². The van der Waals surface area contributed by atoms with Crippen molar-refractivity contribution in [1.82, 2.24) is 23.7 Å². The number of aryl methyl sites for hydroxylation is 3. The maximum atomic E-state index is 10.2. The molecule has 14 nitrogen and oxygen atoms in total. The number of nitro groups is 3. The van der Waals surface area contributed by atoms with E-state index in [2.05, 4.69) is 9.97 Å². The number of hydrogen-bond donors (Lipinski definition) is 0. The molecule has 0 radical (unpaired) electrons. The molecule has 3 heterocycles. The number of nitrogens with zero attached hydrogens (tertiary/aromatic N) is 8. The summed E-state index contributed by atoms with van der Waals surface area (Å²) >= 11 is 0. The van der Waals surface area contributed by atoms with E-state index in [4.69, 9.17) is 0 Å². The molecule has 0 saturated heterocycles. The number of imidazole rings is 2. The van der Waals surface area contributed by atoms with E-state index in [1.807, 2.05) is 62.3 Å². The Hall–Kier alpha value is -4.10. The van der Waals surface area contributed by atoms with Crippen LogP contribution in [0, 0.1) is 30.3 Å². The monoisotopic (exact) mass is 544 g/mol. The zero-order valence-corrected chi connectivity index (χ0v) is 22.7. The van der Waals surface area contributed by atoms with Gasteiger partial charge in [0.15, 0.2) is 6.33 Å². The van der Waals surface area contributed by atoms with E-state index < -0.39 is 9.85 Å². The maximum absolute atomic E-state index is 10.2. The van der Waals surface area contributed by atoms with Crippen molar-refractivity contribution in [3.63, 3.8) is 0 Å². The second kappa shape index (κ2) is 27.5. The van der Waals surface area contributed by atoms with Crippen LogP contribution >= 0.6 is 0 Å². The highest BCUT2D eigenvalue weighted by molar-refractivity contribution is 5.20. The van der Waals surface area contributed by atoms with Crippen molar-refractivity contribution in [2.24, 2.45) is 0 Å². The SMILES string of the molecule is C.C.CC.CC.CC.CCn1cccc1[N+](=O)[O-].CCn1cnc([N+](=O)[O-])c1.CCn1cncc1[N+](=O)[O-]. The van der Waals surface area contributed by atoms with Crippen LogP contribution in [0.5, 0.6) is 0 Å². The van der Waals surface area contributed by atoms with Crippen LogP contribution in [0.4, 0.5) is 17.5 Å². The number of aromatic nitrogens is 5. The van der Waals surface area contributed by atoms with Crippen molar-refractivity contribution in [3.8, 4) is 0 Å². The first-order chi connectivity index (χ1) is 17.2. The van der Waals surface area contributed by atoms with Crippen LogP contribution in [0.2, 0.25) is 0 Å². The average molecular weight is 545 g/mol. The predicted molar refractivity (Wildman–Crippen MR) is 153 cm³/mol. The molecule has 0 aliphatic carbocycles. The van der Waals surface area contributed by atoms with Crippen molar-refractivity contribution in [2.75, 3.05) is 0 Å². The van der Waals surface area contributed by atoms with Gasteiger partial charge >= 0.3 is 17.5 Å². The van der Waals surface area contributed by atoms with E-state index in [-0.39, 0.29) is 37.2 Å². The van der Waals surface area contributed by atoms with Gasteiger partial charge in [-0.25, -0.2) is 14.1 Å². The summed E-state index contributed by atoms with van der Waals surface area (Å²) in [5.41, 5.74) is 0. The molecule has 38 heavy (non-hydrogen) atoms. The first-order valence-corrected chi connectivity index (χ1v) is 11.8. The van der Waals surface area contributed by atoms with Crippen LogP contribution in [0.15, 0.2) is 43.4 Å². The van der Waals surface area contributed by atoms with Crippen LogP contribution in [-0.2, 0) is 19.6 Å². The molecule has 0 aliphatic rings. The van der Waals surface area contributed by atoms with E-state index in [9.17, 15) is 30.3 Å². The zero-order chi connectivity index (χ0) is 28.7. The Morgan fingerprint density at radius 1 is 0.737 bits per heavy atom. The molecule has 0 fully saturated rings. The highest BCUT2D eigenvalue weighted by atomic mass is 16.6. The van der Waals surface area contributed by atoms with Crippen LogP contribution in [0.3, 0.4) is 0 Å². The summed E-state index contributed by atoms with van der Waals surface area (Å²) < 4.78 is 4.71. The highest BCUT2D eigenvalue weighted by Crippen LogP contribution is 2.10. The molecule has 0 bridgehead atoms. The standard InChI is InChI=1S/C6H8N2O2.2C5H7N3O2.3C2H6.2CH4/c1-2-7-5-3-4-6(7)8(9)10;1-2-7-3-5(6-4-7)8(9)10;1-2-7-4-6-3-5(7)8(9)10;3*1-2;;/h3-5H,2H2,1H3;2*3-4H,2H2,1H3;3*1-2H3;2*1H4. The molecule has 3 aromatic heterocycles. The lowest BCUT2D eigenvalue weighted by Gasteiger charge is -1.95. The lowest BCUT2D eigenvalue weighted by atomic mass is 10.6. The summed E-state index contributed by atoms with van der Waals surface area (Å²) in [6, 6.07) is 3.16. The average Bonchev–Trinajstić information content (AvgIpc) is 3.68. The summed E-state index contributed by atoms with van der Waals surface area (Å²) in [6.07, 6.45) is 7.22. The summed E-state index contributed by atoms with van der Waals surface area (Å²) in [7, 11) is 0. The highest BCUT2D eigenvalue weighted by Gasteiger charge is 2.09. The minimum atomic E-state index is -0.508. The summed E-state index contributed by atoms with van der Waals surface area (Å²) in [5, 5.41) is 30.5. The molecule has 0 spiro atoms. The third kappa shape index (κ3) is 16.5. The molecule has 220 valence electrons. The molecule has 0 amide bonds. The fourth-order valence-corrected chi connectivity index (χ4v) is 2.16. The van der Waals surface area contributed by atoms with E-state index in [0.29, 0.717) is 19.6 Å². The third-order valence-electron chi connectivity index (χ3n) is 3.72. The lowest BCUT2D eigenvalue weighted by molar-refractivity contribution is -0.392. The minimum Gasteiger partial charge on any atom is -0.358 e. The maximum Gasteiger partial charge on any atom is 0.381 e. The Kier molecular flexibility index (Phi) is 31.8. The van der Waals surface area contributed by atoms with Gasteiger partial charge in [-0.2, -0.15) is 0 Å². The van der Waals surface area contributed by atoms with E-state index in [0.717, 1.165) is 0 Å². The van der Waals surface area contributed by atoms with Crippen molar-refractivity contribution in [1.29, 1.82) is 0 Å². The normalized spacial score (nSPS) is 8.13. The molecule has 0 aliphatic heterocycles. The smallest absolute Gasteiger partial charge is 0.358 e. The van der Waals surface area contributed by atoms with Crippen LogP contribution in [-0.4, -0.2) is 38.4 Å². The Morgan fingerprint density at radius 2 is 1.24 bits per heavy atom. The van der Waals surface area contributed by atoms with Gasteiger partial charge in [0.1, 0.15) is 12.4 Å². The Balaban J connectivity index is -0.000000127. The quantitative estimate of drug-likeness (QED) is 0.228. The van der Waals surface area contributed by atoms with Crippen molar-refractivity contribution < 1.29 is 14.8 Å². The number of rotatable bonds is 6. The van der Waals surface area contributed by atoms with E-state index >= 15 is 0 Å². The van der Waals surface area contributed by atoms with Gasteiger partial charge in [-0.05, 0) is 46.6 Å².